The second kappa shape index (κ2) is 8.33. The first-order valence-electron chi connectivity index (χ1n) is 8.13. The summed E-state index contributed by atoms with van der Waals surface area (Å²) in [5, 5.41) is 9.86. The van der Waals surface area contributed by atoms with Crippen LogP contribution < -0.4 is 0 Å². The van der Waals surface area contributed by atoms with Gasteiger partial charge in [-0.2, -0.15) is 5.26 Å². The molecule has 1 unspecified atom stereocenters. The van der Waals surface area contributed by atoms with Gasteiger partial charge in [-0.3, -0.25) is 0 Å². The van der Waals surface area contributed by atoms with Crippen LogP contribution in [0.4, 0.5) is 0 Å². The summed E-state index contributed by atoms with van der Waals surface area (Å²) in [6, 6.07) is 16.0. The van der Waals surface area contributed by atoms with Crippen molar-refractivity contribution in [2.24, 2.45) is 0 Å². The third kappa shape index (κ3) is 4.07. The lowest BCUT2D eigenvalue weighted by molar-refractivity contribution is -0.0139. The number of ether oxygens (including phenoxy) is 1. The number of benzene rings is 2. The number of nitrogens with zero attached hydrogens (tertiary/aromatic N) is 2. The first-order valence-corrected chi connectivity index (χ1v) is 8.51. The van der Waals surface area contributed by atoms with E-state index in [1.54, 1.807) is 0 Å². The van der Waals surface area contributed by atoms with Crippen LogP contribution in [-0.2, 0) is 16.9 Å². The third-order valence-electron chi connectivity index (χ3n) is 4.59. The Morgan fingerprint density at radius 2 is 1.92 bits per heavy atom. The molecule has 0 aliphatic carbocycles. The number of halogens is 2. The summed E-state index contributed by atoms with van der Waals surface area (Å²) in [7, 11) is 4.16. The zero-order valence-corrected chi connectivity index (χ0v) is 16.9. The third-order valence-corrected chi connectivity index (χ3v) is 4.84. The summed E-state index contributed by atoms with van der Waals surface area (Å²) in [4.78, 5) is 2.18. The highest BCUT2D eigenvalue weighted by molar-refractivity contribution is 8.93. The van der Waals surface area contributed by atoms with Gasteiger partial charge in [0.1, 0.15) is 5.60 Å². The summed E-state index contributed by atoms with van der Waals surface area (Å²) >= 11 is 6.07. The zero-order chi connectivity index (χ0) is 17.2. The Hall–Kier alpha value is -1.38. The Morgan fingerprint density at radius 1 is 1.20 bits per heavy atom. The summed E-state index contributed by atoms with van der Waals surface area (Å²) in [6.07, 6.45) is 1.92. The molecular weight excluding hydrogens is 400 g/mol. The molecular formula is C20H22BrClN2O. The van der Waals surface area contributed by atoms with Gasteiger partial charge >= 0.3 is 0 Å². The average molecular weight is 422 g/mol. The molecule has 0 amide bonds. The van der Waals surface area contributed by atoms with Crippen LogP contribution >= 0.6 is 28.6 Å². The maximum Gasteiger partial charge on any atom is 0.119 e. The molecule has 0 saturated carbocycles. The molecule has 0 aromatic heterocycles. The van der Waals surface area contributed by atoms with Gasteiger partial charge in [-0.1, -0.05) is 29.8 Å². The van der Waals surface area contributed by atoms with E-state index in [0.29, 0.717) is 12.2 Å². The molecule has 0 fully saturated rings. The molecule has 0 spiro atoms. The van der Waals surface area contributed by atoms with Crippen molar-refractivity contribution in [3.05, 3.63) is 69.7 Å². The van der Waals surface area contributed by atoms with Crippen molar-refractivity contribution in [2.45, 2.75) is 25.0 Å². The molecule has 5 heteroatoms. The van der Waals surface area contributed by atoms with Gasteiger partial charge in [0.2, 0.25) is 0 Å². The maximum atomic E-state index is 9.14. The molecule has 2 aromatic rings. The van der Waals surface area contributed by atoms with Crippen molar-refractivity contribution in [3.8, 4) is 6.07 Å². The van der Waals surface area contributed by atoms with Crippen molar-refractivity contribution < 1.29 is 4.74 Å². The SMILES string of the molecule is Br.CN(C)CCCC1(c2ccc(Cl)cc2)OCc2cc(C#N)ccc21. The van der Waals surface area contributed by atoms with Crippen LogP contribution in [0.5, 0.6) is 0 Å². The van der Waals surface area contributed by atoms with Crippen molar-refractivity contribution in [1.29, 1.82) is 5.26 Å². The highest BCUT2D eigenvalue weighted by atomic mass is 79.9. The van der Waals surface area contributed by atoms with Crippen molar-refractivity contribution in [3.63, 3.8) is 0 Å². The number of nitriles is 1. The van der Waals surface area contributed by atoms with Gasteiger partial charge in [-0.05, 0) is 74.4 Å². The highest BCUT2D eigenvalue weighted by Gasteiger charge is 2.41. The van der Waals surface area contributed by atoms with Crippen LogP contribution in [0.1, 0.15) is 35.1 Å². The minimum Gasteiger partial charge on any atom is -0.361 e. The second-order valence-electron chi connectivity index (χ2n) is 6.51. The maximum absolute atomic E-state index is 9.14. The molecule has 3 rings (SSSR count). The Balaban J connectivity index is 0.00000225. The predicted octanol–water partition coefficient (Wildman–Crippen LogP) is 4.91. The molecule has 0 N–H and O–H groups in total. The van der Waals surface area contributed by atoms with Crippen LogP contribution in [-0.4, -0.2) is 25.5 Å². The number of hydrogen-bond donors (Lipinski definition) is 0. The van der Waals surface area contributed by atoms with E-state index in [1.807, 2.05) is 42.5 Å². The summed E-state index contributed by atoms with van der Waals surface area (Å²) in [6.45, 7) is 1.54. The molecule has 1 aliphatic rings. The van der Waals surface area contributed by atoms with Crippen LogP contribution in [0.2, 0.25) is 5.02 Å². The van der Waals surface area contributed by atoms with Crippen molar-refractivity contribution >= 4 is 28.6 Å². The van der Waals surface area contributed by atoms with Gasteiger partial charge in [0, 0.05) is 5.02 Å². The minimum absolute atomic E-state index is 0. The average Bonchev–Trinajstić information content (AvgIpc) is 2.94. The normalized spacial score (nSPS) is 18.5. The summed E-state index contributed by atoms with van der Waals surface area (Å²) in [5.74, 6) is 0. The Labute approximate surface area is 164 Å². The lowest BCUT2D eigenvalue weighted by Crippen LogP contribution is -2.28. The van der Waals surface area contributed by atoms with Gasteiger partial charge in [-0.25, -0.2) is 0 Å². The Morgan fingerprint density at radius 3 is 2.56 bits per heavy atom. The standard InChI is InChI=1S/C20H21ClN2O.BrH/c1-23(2)11-3-10-20(17-5-7-18(21)8-6-17)19-9-4-15(13-22)12-16(19)14-24-20;/h4-9,12H,3,10-11,14H2,1-2H3;1H. The van der Waals surface area contributed by atoms with E-state index >= 15 is 0 Å². The second-order valence-corrected chi connectivity index (χ2v) is 6.95. The van der Waals surface area contributed by atoms with E-state index in [1.165, 1.54) is 5.56 Å². The number of hydrogen-bond acceptors (Lipinski definition) is 3. The highest BCUT2D eigenvalue weighted by Crippen LogP contribution is 2.45. The van der Waals surface area contributed by atoms with Crippen molar-refractivity contribution in [1.82, 2.24) is 4.90 Å². The topological polar surface area (TPSA) is 36.3 Å². The number of rotatable bonds is 5. The van der Waals surface area contributed by atoms with Crippen LogP contribution in [0.15, 0.2) is 42.5 Å². The van der Waals surface area contributed by atoms with Crippen LogP contribution in [0.25, 0.3) is 0 Å². The molecule has 1 aliphatic heterocycles. The molecule has 25 heavy (non-hydrogen) atoms. The first kappa shape index (κ1) is 19.9. The van der Waals surface area contributed by atoms with E-state index < -0.39 is 5.60 Å². The van der Waals surface area contributed by atoms with E-state index in [0.717, 1.165) is 35.5 Å². The zero-order valence-electron chi connectivity index (χ0n) is 14.5. The van der Waals surface area contributed by atoms with Crippen molar-refractivity contribution in [2.75, 3.05) is 20.6 Å². The predicted molar refractivity (Wildman–Crippen MR) is 106 cm³/mol. The quantitative estimate of drug-likeness (QED) is 0.688. The smallest absolute Gasteiger partial charge is 0.119 e. The summed E-state index contributed by atoms with van der Waals surface area (Å²) in [5.41, 5.74) is 3.62. The minimum atomic E-state index is -0.454. The van der Waals surface area contributed by atoms with E-state index in [9.17, 15) is 0 Å². The molecule has 1 heterocycles. The van der Waals surface area contributed by atoms with E-state index in [-0.39, 0.29) is 17.0 Å². The summed E-state index contributed by atoms with van der Waals surface area (Å²) < 4.78 is 6.35. The van der Waals surface area contributed by atoms with Gasteiger partial charge in [-0.15, -0.1) is 17.0 Å². The van der Waals surface area contributed by atoms with Crippen LogP contribution in [0.3, 0.4) is 0 Å². The van der Waals surface area contributed by atoms with Gasteiger partial charge in [0.25, 0.3) is 0 Å². The lowest BCUT2D eigenvalue weighted by atomic mass is 9.81. The van der Waals surface area contributed by atoms with E-state index in [2.05, 4.69) is 25.1 Å². The fourth-order valence-electron chi connectivity index (χ4n) is 3.41. The largest absolute Gasteiger partial charge is 0.361 e. The van der Waals surface area contributed by atoms with Gasteiger partial charge in [0.15, 0.2) is 0 Å². The number of fused-ring (bicyclic) bond motifs is 1. The van der Waals surface area contributed by atoms with Gasteiger partial charge in [0.05, 0.1) is 18.2 Å². The monoisotopic (exact) mass is 420 g/mol. The molecule has 0 bridgehead atoms. The molecule has 132 valence electrons. The molecule has 1 atom stereocenters. The van der Waals surface area contributed by atoms with E-state index in [4.69, 9.17) is 21.6 Å². The Bertz CT molecular complexity index is 770. The van der Waals surface area contributed by atoms with Crippen LogP contribution in [0, 0.1) is 11.3 Å². The molecule has 3 nitrogen and oxygen atoms in total. The first-order chi connectivity index (χ1) is 11.5. The molecule has 0 saturated heterocycles. The Kier molecular flexibility index (Phi) is 6.65. The fraction of sp³-hybridized carbons (Fsp3) is 0.350. The van der Waals surface area contributed by atoms with Gasteiger partial charge < -0.3 is 9.64 Å². The molecule has 2 aromatic carbocycles. The fourth-order valence-corrected chi connectivity index (χ4v) is 3.53. The molecule has 0 radical (unpaired) electrons. The lowest BCUT2D eigenvalue weighted by Gasteiger charge is -2.31.